The molecule has 3 nitrogen and oxygen atoms in total. The Morgan fingerprint density at radius 3 is 2.73 bits per heavy atom. The summed E-state index contributed by atoms with van der Waals surface area (Å²) in [4.78, 5) is 15.5. The summed E-state index contributed by atoms with van der Waals surface area (Å²) in [6.07, 6.45) is 2.42. The number of benzene rings is 1. The summed E-state index contributed by atoms with van der Waals surface area (Å²) in [6.45, 7) is 5.87. The quantitative estimate of drug-likeness (QED) is 0.655. The van der Waals surface area contributed by atoms with Crippen LogP contribution in [0.5, 0.6) is 0 Å². The Hall–Kier alpha value is -0.710. The number of rotatable bonds is 5. The second-order valence-electron chi connectivity index (χ2n) is 6.60. The van der Waals surface area contributed by atoms with Crippen LogP contribution in [-0.2, 0) is 4.79 Å². The van der Waals surface area contributed by atoms with Gasteiger partial charge in [-0.15, -0.1) is 11.8 Å². The molecular formula is C17H25ClN2OS. The first-order chi connectivity index (χ1) is 10.4. The zero-order valence-corrected chi connectivity index (χ0v) is 14.9. The van der Waals surface area contributed by atoms with E-state index in [1.807, 2.05) is 29.2 Å². The average Bonchev–Trinajstić information content (AvgIpc) is 2.48. The molecule has 0 aromatic heterocycles. The third-order valence-electron chi connectivity index (χ3n) is 4.28. The standard InChI is InChI=1S/C17H25ClN2OS/c1-17(2)12-20(10-9-15(17)19)16(21)4-3-11-22-14-7-5-13(18)6-8-14/h5-8,15H,3-4,9-12,19H2,1-2H3. The van der Waals surface area contributed by atoms with Crippen LogP contribution in [0.1, 0.15) is 33.1 Å². The smallest absolute Gasteiger partial charge is 0.222 e. The molecule has 1 heterocycles. The number of carbonyl (C=O) groups excluding carboxylic acids is 1. The van der Waals surface area contributed by atoms with Crippen molar-refractivity contribution in [2.75, 3.05) is 18.8 Å². The summed E-state index contributed by atoms with van der Waals surface area (Å²) >= 11 is 7.63. The van der Waals surface area contributed by atoms with Crippen molar-refractivity contribution in [3.8, 4) is 0 Å². The van der Waals surface area contributed by atoms with Crippen LogP contribution >= 0.6 is 23.4 Å². The molecule has 1 aromatic rings. The van der Waals surface area contributed by atoms with E-state index in [-0.39, 0.29) is 17.4 Å². The van der Waals surface area contributed by atoms with Gasteiger partial charge in [0.2, 0.25) is 5.91 Å². The average molecular weight is 341 g/mol. The van der Waals surface area contributed by atoms with E-state index >= 15 is 0 Å². The fraction of sp³-hybridized carbons (Fsp3) is 0.588. The molecule has 0 bridgehead atoms. The monoisotopic (exact) mass is 340 g/mol. The van der Waals surface area contributed by atoms with Gasteiger partial charge < -0.3 is 10.6 Å². The zero-order chi connectivity index (χ0) is 16.2. The first-order valence-corrected chi connectivity index (χ1v) is 9.16. The van der Waals surface area contributed by atoms with E-state index in [1.165, 1.54) is 4.90 Å². The van der Waals surface area contributed by atoms with E-state index in [4.69, 9.17) is 17.3 Å². The number of nitrogens with zero attached hydrogens (tertiary/aromatic N) is 1. The molecular weight excluding hydrogens is 316 g/mol. The van der Waals surface area contributed by atoms with Gasteiger partial charge in [-0.05, 0) is 48.3 Å². The Balaban J connectivity index is 1.70. The number of carbonyl (C=O) groups is 1. The van der Waals surface area contributed by atoms with Gasteiger partial charge in [0, 0.05) is 35.5 Å². The summed E-state index contributed by atoms with van der Waals surface area (Å²) < 4.78 is 0. The van der Waals surface area contributed by atoms with Crippen LogP contribution < -0.4 is 5.73 Å². The second kappa shape index (κ2) is 7.71. The van der Waals surface area contributed by atoms with Gasteiger partial charge in [0.15, 0.2) is 0 Å². The Kier molecular flexibility index (Phi) is 6.18. The minimum Gasteiger partial charge on any atom is -0.342 e. The minimum absolute atomic E-state index is 0.0198. The molecule has 0 aliphatic carbocycles. The predicted molar refractivity (Wildman–Crippen MR) is 94.4 cm³/mol. The fourth-order valence-corrected chi connectivity index (χ4v) is 3.67. The van der Waals surface area contributed by atoms with E-state index in [9.17, 15) is 4.79 Å². The van der Waals surface area contributed by atoms with Gasteiger partial charge >= 0.3 is 0 Å². The maximum atomic E-state index is 12.3. The van der Waals surface area contributed by atoms with Crippen LogP contribution in [0.4, 0.5) is 0 Å². The summed E-state index contributed by atoms with van der Waals surface area (Å²) in [5.74, 6) is 1.21. The zero-order valence-electron chi connectivity index (χ0n) is 13.3. The molecule has 1 aromatic carbocycles. The highest BCUT2D eigenvalue weighted by Crippen LogP contribution is 2.28. The van der Waals surface area contributed by atoms with Gasteiger partial charge in [-0.1, -0.05) is 25.4 Å². The van der Waals surface area contributed by atoms with Crippen molar-refractivity contribution in [3.63, 3.8) is 0 Å². The SMILES string of the molecule is CC1(C)CN(C(=O)CCCSc2ccc(Cl)cc2)CCC1N. The minimum atomic E-state index is 0.0198. The van der Waals surface area contributed by atoms with Crippen molar-refractivity contribution < 1.29 is 4.79 Å². The molecule has 5 heteroatoms. The van der Waals surface area contributed by atoms with Gasteiger partial charge in [0.1, 0.15) is 0 Å². The van der Waals surface area contributed by atoms with Crippen LogP contribution in [0.2, 0.25) is 5.02 Å². The lowest BCUT2D eigenvalue weighted by Crippen LogP contribution is -2.53. The Bertz CT molecular complexity index is 504. The predicted octanol–water partition coefficient (Wildman–Crippen LogP) is 3.80. The van der Waals surface area contributed by atoms with Crippen molar-refractivity contribution >= 4 is 29.3 Å². The summed E-state index contributed by atoms with van der Waals surface area (Å²) in [7, 11) is 0. The van der Waals surface area contributed by atoms with Gasteiger partial charge in [0.25, 0.3) is 0 Å². The number of piperidine rings is 1. The molecule has 0 spiro atoms. The van der Waals surface area contributed by atoms with E-state index in [1.54, 1.807) is 11.8 Å². The molecule has 1 fully saturated rings. The van der Waals surface area contributed by atoms with E-state index in [0.29, 0.717) is 6.42 Å². The van der Waals surface area contributed by atoms with Gasteiger partial charge in [-0.25, -0.2) is 0 Å². The molecule has 1 saturated heterocycles. The molecule has 0 saturated carbocycles. The van der Waals surface area contributed by atoms with Crippen molar-refractivity contribution in [1.82, 2.24) is 4.90 Å². The lowest BCUT2D eigenvalue weighted by Gasteiger charge is -2.42. The topological polar surface area (TPSA) is 46.3 Å². The number of likely N-dealkylation sites (tertiary alicyclic amines) is 1. The molecule has 1 aliphatic rings. The molecule has 1 aliphatic heterocycles. The summed E-state index contributed by atoms with van der Waals surface area (Å²) in [5.41, 5.74) is 6.14. The third kappa shape index (κ3) is 4.90. The largest absolute Gasteiger partial charge is 0.342 e. The van der Waals surface area contributed by atoms with Crippen LogP contribution in [0, 0.1) is 5.41 Å². The highest BCUT2D eigenvalue weighted by Gasteiger charge is 2.34. The van der Waals surface area contributed by atoms with Gasteiger partial charge in [-0.3, -0.25) is 4.79 Å². The first-order valence-electron chi connectivity index (χ1n) is 7.80. The number of halogens is 1. The van der Waals surface area contributed by atoms with Crippen LogP contribution in [0.25, 0.3) is 0 Å². The Morgan fingerprint density at radius 2 is 2.09 bits per heavy atom. The second-order valence-corrected chi connectivity index (χ2v) is 8.21. The lowest BCUT2D eigenvalue weighted by molar-refractivity contribution is -0.134. The van der Waals surface area contributed by atoms with Crippen LogP contribution in [-0.4, -0.2) is 35.7 Å². The molecule has 1 unspecified atom stereocenters. The molecule has 1 amide bonds. The Labute approximate surface area is 142 Å². The third-order valence-corrected chi connectivity index (χ3v) is 5.63. The first kappa shape index (κ1) is 17.6. The van der Waals surface area contributed by atoms with E-state index < -0.39 is 0 Å². The fourth-order valence-electron chi connectivity index (χ4n) is 2.69. The molecule has 0 radical (unpaired) electrons. The molecule has 2 N–H and O–H groups in total. The summed E-state index contributed by atoms with van der Waals surface area (Å²) in [5, 5.41) is 0.755. The molecule has 1 atom stereocenters. The van der Waals surface area contributed by atoms with Crippen molar-refractivity contribution in [1.29, 1.82) is 0 Å². The van der Waals surface area contributed by atoms with Crippen LogP contribution in [0.3, 0.4) is 0 Å². The van der Waals surface area contributed by atoms with E-state index in [0.717, 1.165) is 36.7 Å². The maximum absolute atomic E-state index is 12.3. The van der Waals surface area contributed by atoms with Gasteiger partial charge in [0.05, 0.1) is 0 Å². The molecule has 22 heavy (non-hydrogen) atoms. The number of thioether (sulfide) groups is 1. The maximum Gasteiger partial charge on any atom is 0.222 e. The lowest BCUT2D eigenvalue weighted by atomic mass is 9.79. The number of hydrogen-bond acceptors (Lipinski definition) is 3. The normalized spacial score (nSPS) is 20.9. The highest BCUT2D eigenvalue weighted by atomic mass is 35.5. The number of nitrogens with two attached hydrogens (primary N) is 1. The van der Waals surface area contributed by atoms with Gasteiger partial charge in [-0.2, -0.15) is 0 Å². The summed E-state index contributed by atoms with van der Waals surface area (Å²) in [6, 6.07) is 8.02. The highest BCUT2D eigenvalue weighted by molar-refractivity contribution is 7.99. The van der Waals surface area contributed by atoms with Crippen molar-refractivity contribution in [3.05, 3.63) is 29.3 Å². The number of amides is 1. The van der Waals surface area contributed by atoms with Crippen molar-refractivity contribution in [2.24, 2.45) is 11.1 Å². The Morgan fingerprint density at radius 1 is 1.41 bits per heavy atom. The van der Waals surface area contributed by atoms with E-state index in [2.05, 4.69) is 13.8 Å². The molecule has 122 valence electrons. The van der Waals surface area contributed by atoms with Crippen molar-refractivity contribution in [2.45, 2.75) is 44.0 Å². The molecule has 2 rings (SSSR count). The van der Waals surface area contributed by atoms with Crippen LogP contribution in [0.15, 0.2) is 29.2 Å². The number of hydrogen-bond donors (Lipinski definition) is 1.